The van der Waals surface area contributed by atoms with Crippen LogP contribution in [-0.4, -0.2) is 18.3 Å². The number of aldehydes is 1. The number of benzene rings is 3. The molecule has 0 saturated carbocycles. The summed E-state index contributed by atoms with van der Waals surface area (Å²) in [6.45, 7) is 2.28. The zero-order chi connectivity index (χ0) is 19.8. The van der Waals surface area contributed by atoms with Gasteiger partial charge in [0.1, 0.15) is 6.10 Å². The predicted molar refractivity (Wildman–Crippen MR) is 109 cm³/mol. The van der Waals surface area contributed by atoms with Crippen LogP contribution in [-0.2, 0) is 16.1 Å². The van der Waals surface area contributed by atoms with E-state index < -0.39 is 12.1 Å². The average Bonchev–Trinajstić information content (AvgIpc) is 2.75. The van der Waals surface area contributed by atoms with Crippen LogP contribution in [0.1, 0.15) is 33.1 Å². The van der Waals surface area contributed by atoms with Crippen molar-refractivity contribution >= 4 is 12.2 Å². The molecule has 0 unspecified atom stereocenters. The number of hydrogen-bond donors (Lipinski definition) is 1. The molecule has 142 valence electrons. The maximum Gasteiger partial charge on any atom is 0.251 e. The number of ether oxygens (including phenoxy) is 1. The minimum Gasteiger partial charge on any atom is -0.364 e. The first-order valence-electron chi connectivity index (χ1n) is 9.20. The molecule has 0 aliphatic heterocycles. The van der Waals surface area contributed by atoms with E-state index in [1.807, 2.05) is 67.6 Å². The molecule has 1 amide bonds. The molecule has 0 spiro atoms. The van der Waals surface area contributed by atoms with Gasteiger partial charge in [-0.3, -0.25) is 4.79 Å². The molecule has 3 aromatic rings. The summed E-state index contributed by atoms with van der Waals surface area (Å²) in [4.78, 5) is 24.6. The zero-order valence-corrected chi connectivity index (χ0v) is 15.7. The minimum absolute atomic E-state index is 0.249. The van der Waals surface area contributed by atoms with E-state index in [4.69, 9.17) is 4.74 Å². The van der Waals surface area contributed by atoms with Gasteiger partial charge in [-0.05, 0) is 30.2 Å². The van der Waals surface area contributed by atoms with Crippen molar-refractivity contribution in [1.29, 1.82) is 0 Å². The molecular weight excluding hydrogens is 350 g/mol. The Morgan fingerprint density at radius 1 is 0.929 bits per heavy atom. The van der Waals surface area contributed by atoms with E-state index in [0.29, 0.717) is 5.56 Å². The summed E-state index contributed by atoms with van der Waals surface area (Å²) in [5.74, 6) is -0.249. The SMILES string of the molecule is Cc1ccc([C@H](NC(=O)c2ccccc2)[C@H](C=O)OCc2ccccc2)cc1. The summed E-state index contributed by atoms with van der Waals surface area (Å²) < 4.78 is 5.88. The van der Waals surface area contributed by atoms with Crippen LogP contribution in [0.25, 0.3) is 0 Å². The molecular formula is C24H23NO3. The number of carbonyl (C=O) groups excluding carboxylic acids is 2. The van der Waals surface area contributed by atoms with Crippen LogP contribution >= 0.6 is 0 Å². The molecule has 0 saturated heterocycles. The third-order valence-electron chi connectivity index (χ3n) is 4.51. The highest BCUT2D eigenvalue weighted by molar-refractivity contribution is 5.94. The highest BCUT2D eigenvalue weighted by Gasteiger charge is 2.26. The molecule has 4 nitrogen and oxygen atoms in total. The molecule has 0 aliphatic carbocycles. The Bertz CT molecular complexity index is 892. The predicted octanol–water partition coefficient (Wildman–Crippen LogP) is 4.25. The largest absolute Gasteiger partial charge is 0.364 e. The van der Waals surface area contributed by atoms with Crippen molar-refractivity contribution < 1.29 is 14.3 Å². The first kappa shape index (κ1) is 19.5. The van der Waals surface area contributed by atoms with Crippen molar-refractivity contribution in [3.05, 3.63) is 107 Å². The van der Waals surface area contributed by atoms with Crippen LogP contribution in [0.4, 0.5) is 0 Å². The fourth-order valence-corrected chi connectivity index (χ4v) is 2.92. The minimum atomic E-state index is -0.810. The standard InChI is InChI=1S/C24H23NO3/c1-18-12-14-20(15-13-18)23(25-24(27)21-10-6-3-7-11-21)22(16-26)28-17-19-8-4-2-5-9-19/h2-16,22-23H,17H2,1H3,(H,25,27)/t22-,23-/m0/s1. The maximum absolute atomic E-state index is 12.7. The molecule has 2 atom stereocenters. The lowest BCUT2D eigenvalue weighted by Crippen LogP contribution is -2.38. The van der Waals surface area contributed by atoms with Crippen molar-refractivity contribution in [1.82, 2.24) is 5.32 Å². The van der Waals surface area contributed by atoms with Crippen molar-refractivity contribution in [3.8, 4) is 0 Å². The quantitative estimate of drug-likeness (QED) is 0.601. The number of aryl methyl sites for hydroxylation is 1. The van der Waals surface area contributed by atoms with Gasteiger partial charge in [-0.25, -0.2) is 0 Å². The van der Waals surface area contributed by atoms with Gasteiger partial charge in [0, 0.05) is 5.56 Å². The summed E-state index contributed by atoms with van der Waals surface area (Å²) in [5.41, 5.74) is 3.42. The van der Waals surface area contributed by atoms with E-state index in [1.165, 1.54) is 0 Å². The summed E-state index contributed by atoms with van der Waals surface area (Å²) in [7, 11) is 0. The molecule has 0 aliphatic rings. The molecule has 4 heteroatoms. The Morgan fingerprint density at radius 2 is 1.54 bits per heavy atom. The first-order chi connectivity index (χ1) is 13.7. The Morgan fingerprint density at radius 3 is 2.14 bits per heavy atom. The second-order valence-electron chi connectivity index (χ2n) is 6.63. The number of nitrogens with one attached hydrogen (secondary N) is 1. The molecule has 28 heavy (non-hydrogen) atoms. The molecule has 0 radical (unpaired) electrons. The van der Waals surface area contributed by atoms with E-state index in [-0.39, 0.29) is 12.5 Å². The average molecular weight is 373 g/mol. The molecule has 0 aromatic heterocycles. The van der Waals surface area contributed by atoms with Gasteiger partial charge >= 0.3 is 0 Å². The van der Waals surface area contributed by atoms with Crippen LogP contribution in [0.5, 0.6) is 0 Å². The van der Waals surface area contributed by atoms with Gasteiger partial charge in [0.25, 0.3) is 5.91 Å². The Balaban J connectivity index is 1.82. The highest BCUT2D eigenvalue weighted by Crippen LogP contribution is 2.21. The van der Waals surface area contributed by atoms with E-state index >= 15 is 0 Å². The van der Waals surface area contributed by atoms with Crippen molar-refractivity contribution in [3.63, 3.8) is 0 Å². The summed E-state index contributed by atoms with van der Waals surface area (Å²) in [6, 6.07) is 25.7. The van der Waals surface area contributed by atoms with Crippen molar-refractivity contribution in [2.24, 2.45) is 0 Å². The van der Waals surface area contributed by atoms with Crippen molar-refractivity contribution in [2.45, 2.75) is 25.7 Å². The summed E-state index contributed by atoms with van der Waals surface area (Å²) in [6.07, 6.45) is -0.0609. The van der Waals surface area contributed by atoms with Gasteiger partial charge in [0.05, 0.1) is 12.6 Å². The number of amides is 1. The first-order valence-corrected chi connectivity index (χ1v) is 9.20. The molecule has 1 N–H and O–H groups in total. The Labute approximate surface area is 165 Å². The van der Waals surface area contributed by atoms with E-state index in [1.54, 1.807) is 24.3 Å². The van der Waals surface area contributed by atoms with Crippen LogP contribution in [0.2, 0.25) is 0 Å². The zero-order valence-electron chi connectivity index (χ0n) is 15.7. The monoisotopic (exact) mass is 373 g/mol. The fourth-order valence-electron chi connectivity index (χ4n) is 2.92. The Hall–Kier alpha value is -3.24. The smallest absolute Gasteiger partial charge is 0.251 e. The van der Waals surface area contributed by atoms with Crippen LogP contribution in [0, 0.1) is 6.92 Å². The second kappa shape index (κ2) is 9.62. The number of rotatable bonds is 8. The molecule has 0 fully saturated rings. The molecule has 0 bridgehead atoms. The summed E-state index contributed by atoms with van der Waals surface area (Å²) in [5, 5.41) is 2.96. The van der Waals surface area contributed by atoms with Gasteiger partial charge in [-0.15, -0.1) is 0 Å². The third-order valence-corrected chi connectivity index (χ3v) is 4.51. The Kier molecular flexibility index (Phi) is 6.71. The van der Waals surface area contributed by atoms with E-state index in [9.17, 15) is 9.59 Å². The topological polar surface area (TPSA) is 55.4 Å². The van der Waals surface area contributed by atoms with Gasteiger partial charge in [0.2, 0.25) is 0 Å². The van der Waals surface area contributed by atoms with Gasteiger partial charge in [-0.2, -0.15) is 0 Å². The van der Waals surface area contributed by atoms with Gasteiger partial charge in [-0.1, -0.05) is 78.4 Å². The van der Waals surface area contributed by atoms with Crippen molar-refractivity contribution in [2.75, 3.05) is 0 Å². The van der Waals surface area contributed by atoms with Gasteiger partial charge in [0.15, 0.2) is 6.29 Å². The number of carbonyl (C=O) groups is 2. The van der Waals surface area contributed by atoms with E-state index in [2.05, 4.69) is 5.32 Å². The molecule has 0 heterocycles. The molecule has 3 rings (SSSR count). The lowest BCUT2D eigenvalue weighted by molar-refractivity contribution is -0.120. The fraction of sp³-hybridized carbons (Fsp3) is 0.167. The third kappa shape index (κ3) is 5.15. The summed E-state index contributed by atoms with van der Waals surface area (Å²) >= 11 is 0. The van der Waals surface area contributed by atoms with E-state index in [0.717, 1.165) is 23.0 Å². The van der Waals surface area contributed by atoms with Crippen LogP contribution < -0.4 is 5.32 Å². The normalized spacial score (nSPS) is 12.8. The van der Waals surface area contributed by atoms with Crippen LogP contribution in [0.15, 0.2) is 84.9 Å². The molecule has 3 aromatic carbocycles. The highest BCUT2D eigenvalue weighted by atomic mass is 16.5. The lowest BCUT2D eigenvalue weighted by Gasteiger charge is -2.25. The lowest BCUT2D eigenvalue weighted by atomic mass is 10.00. The van der Waals surface area contributed by atoms with Crippen LogP contribution in [0.3, 0.4) is 0 Å². The maximum atomic E-state index is 12.7. The van der Waals surface area contributed by atoms with Gasteiger partial charge < -0.3 is 14.8 Å². The second-order valence-corrected chi connectivity index (χ2v) is 6.63. The number of hydrogen-bond acceptors (Lipinski definition) is 3.